The molecule has 1 atom stereocenters. The maximum Gasteiger partial charge on any atom is 0.408 e. The van der Waals surface area contributed by atoms with E-state index < -0.39 is 29.5 Å². The van der Waals surface area contributed by atoms with E-state index in [1.54, 1.807) is 20.8 Å². The number of nitrogens with one attached hydrogen (secondary N) is 1. The van der Waals surface area contributed by atoms with Crippen molar-refractivity contribution < 1.29 is 28.5 Å². The number of alkyl carbamates (subject to hydrolysis) is 1. The maximum absolute atomic E-state index is 11.9. The molecule has 0 aromatic rings. The van der Waals surface area contributed by atoms with E-state index in [4.69, 9.17) is 18.9 Å². The first-order valence-corrected chi connectivity index (χ1v) is 9.06. The van der Waals surface area contributed by atoms with Crippen LogP contribution in [0.2, 0.25) is 0 Å². The minimum absolute atomic E-state index is 0.434. The smallest absolute Gasteiger partial charge is 0.408 e. The number of hydrogen-bond donors (Lipinski definition) is 1. The standard InChI is InChI=1S/C18H33NO6/c1-6-18(23-12-13-24-18)11-9-7-8-10-14(15(20)22-5)19-16(21)25-17(2,3)4/h14H,6-13H2,1-5H3,(H,19,21). The molecule has 1 aliphatic rings. The Balaban J connectivity index is 2.35. The summed E-state index contributed by atoms with van der Waals surface area (Å²) in [6.07, 6.45) is 4.21. The molecule has 0 aliphatic carbocycles. The third kappa shape index (κ3) is 8.05. The van der Waals surface area contributed by atoms with E-state index in [2.05, 4.69) is 12.2 Å². The van der Waals surface area contributed by atoms with E-state index >= 15 is 0 Å². The summed E-state index contributed by atoms with van der Waals surface area (Å²) >= 11 is 0. The lowest BCUT2D eigenvalue weighted by molar-refractivity contribution is -0.164. The summed E-state index contributed by atoms with van der Waals surface area (Å²) in [7, 11) is 1.31. The topological polar surface area (TPSA) is 83.1 Å². The molecule has 1 unspecified atom stereocenters. The van der Waals surface area contributed by atoms with Gasteiger partial charge >= 0.3 is 12.1 Å². The van der Waals surface area contributed by atoms with Gasteiger partial charge in [-0.15, -0.1) is 0 Å². The van der Waals surface area contributed by atoms with Crippen LogP contribution in [-0.4, -0.2) is 49.8 Å². The molecule has 0 saturated carbocycles. The third-order valence-electron chi connectivity index (χ3n) is 4.08. The van der Waals surface area contributed by atoms with Crippen molar-refractivity contribution in [2.45, 2.75) is 83.6 Å². The normalized spacial score (nSPS) is 17.8. The van der Waals surface area contributed by atoms with Gasteiger partial charge in [0.05, 0.1) is 20.3 Å². The molecule has 0 aromatic carbocycles. The molecule has 0 spiro atoms. The van der Waals surface area contributed by atoms with E-state index in [1.807, 2.05) is 0 Å². The Morgan fingerprint density at radius 2 is 1.80 bits per heavy atom. The molecule has 7 heteroatoms. The van der Waals surface area contributed by atoms with Gasteiger partial charge in [0.25, 0.3) is 0 Å². The van der Waals surface area contributed by atoms with E-state index in [0.29, 0.717) is 19.6 Å². The number of carbonyl (C=O) groups is 2. The van der Waals surface area contributed by atoms with Gasteiger partial charge in [0.15, 0.2) is 5.79 Å². The van der Waals surface area contributed by atoms with Gasteiger partial charge in [0.2, 0.25) is 0 Å². The highest BCUT2D eigenvalue weighted by Crippen LogP contribution is 2.29. The van der Waals surface area contributed by atoms with Crippen molar-refractivity contribution in [3.8, 4) is 0 Å². The van der Waals surface area contributed by atoms with Crippen LogP contribution in [0.1, 0.15) is 66.2 Å². The third-order valence-corrected chi connectivity index (χ3v) is 4.08. The minimum atomic E-state index is -0.695. The largest absolute Gasteiger partial charge is 0.467 e. The average Bonchev–Trinajstić information content (AvgIpc) is 3.00. The number of methoxy groups -OCH3 is 1. The molecule has 1 fully saturated rings. The van der Waals surface area contributed by atoms with Crippen molar-refractivity contribution in [2.75, 3.05) is 20.3 Å². The lowest BCUT2D eigenvalue weighted by Gasteiger charge is -2.26. The fourth-order valence-electron chi connectivity index (χ4n) is 2.78. The van der Waals surface area contributed by atoms with Crippen LogP contribution in [0.25, 0.3) is 0 Å². The van der Waals surface area contributed by atoms with Crippen molar-refractivity contribution >= 4 is 12.1 Å². The molecule has 1 heterocycles. The fraction of sp³-hybridized carbons (Fsp3) is 0.889. The molecular weight excluding hydrogens is 326 g/mol. The summed E-state index contributed by atoms with van der Waals surface area (Å²) in [4.78, 5) is 23.7. The second kappa shape index (κ2) is 9.97. The van der Waals surface area contributed by atoms with Crippen LogP contribution in [0.15, 0.2) is 0 Å². The highest BCUT2D eigenvalue weighted by atomic mass is 16.7. The van der Waals surface area contributed by atoms with Gasteiger partial charge in [0, 0.05) is 6.42 Å². The number of carbonyl (C=O) groups excluding carboxylic acids is 2. The first kappa shape index (κ1) is 21.7. The summed E-state index contributed by atoms with van der Waals surface area (Å²) in [6, 6.07) is -0.695. The Morgan fingerprint density at radius 3 is 2.32 bits per heavy atom. The number of amides is 1. The second-order valence-corrected chi connectivity index (χ2v) is 7.28. The molecule has 146 valence electrons. The van der Waals surface area contributed by atoms with Crippen molar-refractivity contribution in [2.24, 2.45) is 0 Å². The SMILES string of the molecule is CCC1(CCCCCC(NC(=O)OC(C)(C)C)C(=O)OC)OCCO1. The molecule has 1 aliphatic heterocycles. The first-order chi connectivity index (χ1) is 11.7. The Labute approximate surface area is 150 Å². The van der Waals surface area contributed by atoms with Crippen LogP contribution in [-0.2, 0) is 23.7 Å². The molecule has 0 radical (unpaired) electrons. The summed E-state index contributed by atoms with van der Waals surface area (Å²) in [5.74, 6) is -0.894. The van der Waals surface area contributed by atoms with Crippen LogP contribution >= 0.6 is 0 Å². The molecule has 1 rings (SSSR count). The fourth-order valence-corrected chi connectivity index (χ4v) is 2.78. The predicted molar refractivity (Wildman–Crippen MR) is 93.2 cm³/mol. The van der Waals surface area contributed by atoms with Crippen molar-refractivity contribution in [3.05, 3.63) is 0 Å². The quantitative estimate of drug-likeness (QED) is 0.503. The van der Waals surface area contributed by atoms with Crippen LogP contribution in [0, 0.1) is 0 Å². The zero-order valence-electron chi connectivity index (χ0n) is 16.2. The molecule has 7 nitrogen and oxygen atoms in total. The molecule has 1 saturated heterocycles. The van der Waals surface area contributed by atoms with Crippen molar-refractivity contribution in [1.29, 1.82) is 0 Å². The van der Waals surface area contributed by atoms with E-state index in [-0.39, 0.29) is 0 Å². The van der Waals surface area contributed by atoms with Gasteiger partial charge < -0.3 is 24.3 Å². The molecule has 0 aromatic heterocycles. The van der Waals surface area contributed by atoms with Crippen LogP contribution in [0.4, 0.5) is 4.79 Å². The highest BCUT2D eigenvalue weighted by molar-refractivity contribution is 5.81. The maximum atomic E-state index is 11.9. The number of ether oxygens (including phenoxy) is 4. The average molecular weight is 359 g/mol. The van der Waals surface area contributed by atoms with E-state index in [9.17, 15) is 9.59 Å². The molecule has 1 N–H and O–H groups in total. The Kier molecular flexibility index (Phi) is 8.65. The van der Waals surface area contributed by atoms with Crippen LogP contribution in [0.5, 0.6) is 0 Å². The Bertz CT molecular complexity index is 426. The predicted octanol–water partition coefficient (Wildman–Crippen LogP) is 3.16. The van der Waals surface area contributed by atoms with Gasteiger partial charge in [-0.3, -0.25) is 0 Å². The number of rotatable bonds is 9. The van der Waals surface area contributed by atoms with E-state index in [0.717, 1.165) is 32.1 Å². The van der Waals surface area contributed by atoms with E-state index in [1.165, 1.54) is 7.11 Å². The lowest BCUT2D eigenvalue weighted by atomic mass is 10.0. The van der Waals surface area contributed by atoms with Gasteiger partial charge in [-0.2, -0.15) is 0 Å². The van der Waals surface area contributed by atoms with Gasteiger partial charge in [-0.05, 0) is 40.0 Å². The first-order valence-electron chi connectivity index (χ1n) is 9.06. The van der Waals surface area contributed by atoms with Crippen LogP contribution in [0.3, 0.4) is 0 Å². The van der Waals surface area contributed by atoms with Crippen LogP contribution < -0.4 is 5.32 Å². The Morgan fingerprint density at radius 1 is 1.16 bits per heavy atom. The van der Waals surface area contributed by atoms with Gasteiger partial charge in [-0.25, -0.2) is 9.59 Å². The number of hydrogen-bond acceptors (Lipinski definition) is 6. The summed E-state index contributed by atoms with van der Waals surface area (Å²) in [5.41, 5.74) is -0.611. The molecular formula is C18H33NO6. The minimum Gasteiger partial charge on any atom is -0.467 e. The summed E-state index contributed by atoms with van der Waals surface area (Å²) in [6.45, 7) is 8.68. The lowest BCUT2D eigenvalue weighted by Crippen LogP contribution is -2.44. The van der Waals surface area contributed by atoms with Crippen molar-refractivity contribution in [3.63, 3.8) is 0 Å². The number of esters is 1. The second-order valence-electron chi connectivity index (χ2n) is 7.28. The zero-order valence-corrected chi connectivity index (χ0v) is 16.2. The monoisotopic (exact) mass is 359 g/mol. The molecule has 0 bridgehead atoms. The Hall–Kier alpha value is -1.34. The van der Waals surface area contributed by atoms with Gasteiger partial charge in [-0.1, -0.05) is 19.8 Å². The van der Waals surface area contributed by atoms with Crippen molar-refractivity contribution in [1.82, 2.24) is 5.32 Å². The van der Waals surface area contributed by atoms with Gasteiger partial charge in [0.1, 0.15) is 11.6 Å². The molecule has 25 heavy (non-hydrogen) atoms. The summed E-state index contributed by atoms with van der Waals surface area (Å²) in [5, 5.41) is 2.59. The summed E-state index contributed by atoms with van der Waals surface area (Å²) < 4.78 is 21.4. The zero-order chi connectivity index (χ0) is 18.9. The number of unbranched alkanes of at least 4 members (excludes halogenated alkanes) is 2. The highest BCUT2D eigenvalue weighted by Gasteiger charge is 2.33. The molecule has 1 amide bonds.